The molecule has 154 valence electrons. The van der Waals surface area contributed by atoms with Crippen LogP contribution < -0.4 is 4.74 Å². The number of esters is 1. The molecule has 0 bridgehead atoms. The Morgan fingerprint density at radius 1 is 1.07 bits per heavy atom. The summed E-state index contributed by atoms with van der Waals surface area (Å²) in [5.41, 5.74) is -1.46. The van der Waals surface area contributed by atoms with E-state index >= 15 is 0 Å². The van der Waals surface area contributed by atoms with Gasteiger partial charge in [0.2, 0.25) is 5.91 Å². The second-order valence-electron chi connectivity index (χ2n) is 8.56. The maximum Gasteiger partial charge on any atom is 0.328 e. The van der Waals surface area contributed by atoms with Crippen molar-refractivity contribution in [3.63, 3.8) is 0 Å². The average Bonchev–Trinajstić information content (AvgIpc) is 3.37. The molecule has 1 amide bonds. The van der Waals surface area contributed by atoms with Gasteiger partial charge >= 0.3 is 5.97 Å². The van der Waals surface area contributed by atoms with Crippen LogP contribution in [0.15, 0.2) is 53.0 Å². The minimum absolute atomic E-state index is 0.191. The fourth-order valence-electron chi connectivity index (χ4n) is 5.49. The molecule has 2 aliphatic heterocycles. The Bertz CT molecular complexity index is 1060. The van der Waals surface area contributed by atoms with Gasteiger partial charge in [-0.05, 0) is 44.4 Å². The smallest absolute Gasteiger partial charge is 0.328 e. The van der Waals surface area contributed by atoms with Gasteiger partial charge in [0.1, 0.15) is 5.75 Å². The lowest BCUT2D eigenvalue weighted by Crippen LogP contribution is -2.49. The van der Waals surface area contributed by atoms with Crippen molar-refractivity contribution < 1.29 is 19.1 Å². The standard InChI is InChI=1S/C24H22BrNO4/c1-23(20(27)15-8-4-2-5-9-15)19-17-14-16(25)10-11-18(17)30-22(29)24(19,23)21(28)26-12-6-3-7-13-26/h2,4-5,8-11,14,19H,3,6-7,12-13H2,1H3/t19-,23-,24-/m0/s1. The third kappa shape index (κ3) is 2.43. The highest BCUT2D eigenvalue weighted by molar-refractivity contribution is 9.10. The number of hydrogen-bond acceptors (Lipinski definition) is 4. The summed E-state index contributed by atoms with van der Waals surface area (Å²) in [6, 6.07) is 14.3. The Hall–Kier alpha value is -2.47. The number of Topliss-reactive ketones (excluding diaryl/α,β-unsaturated/α-hetero) is 1. The molecule has 5 rings (SSSR count). The first-order chi connectivity index (χ1) is 14.4. The minimum Gasteiger partial charge on any atom is -0.425 e. The number of halogens is 1. The number of hydrogen-bond donors (Lipinski definition) is 0. The van der Waals surface area contributed by atoms with Gasteiger partial charge in [-0.1, -0.05) is 46.3 Å². The number of rotatable bonds is 3. The molecule has 0 aromatic heterocycles. The van der Waals surface area contributed by atoms with E-state index in [2.05, 4.69) is 15.9 Å². The highest BCUT2D eigenvalue weighted by Gasteiger charge is 2.88. The molecule has 2 fully saturated rings. The lowest BCUT2D eigenvalue weighted by molar-refractivity contribution is -0.154. The molecular weight excluding hydrogens is 446 g/mol. The van der Waals surface area contributed by atoms with E-state index in [1.54, 1.807) is 48.2 Å². The maximum absolute atomic E-state index is 13.8. The van der Waals surface area contributed by atoms with Crippen molar-refractivity contribution in [1.82, 2.24) is 4.90 Å². The van der Waals surface area contributed by atoms with Crippen LogP contribution in [0.4, 0.5) is 0 Å². The molecule has 0 spiro atoms. The summed E-state index contributed by atoms with van der Waals surface area (Å²) in [5.74, 6) is -1.18. The highest BCUT2D eigenvalue weighted by atomic mass is 79.9. The van der Waals surface area contributed by atoms with E-state index < -0.39 is 22.7 Å². The monoisotopic (exact) mass is 467 g/mol. The zero-order valence-corrected chi connectivity index (χ0v) is 18.3. The van der Waals surface area contributed by atoms with E-state index in [1.807, 2.05) is 12.1 Å². The van der Waals surface area contributed by atoms with Crippen LogP contribution >= 0.6 is 15.9 Å². The van der Waals surface area contributed by atoms with Gasteiger partial charge in [0.25, 0.3) is 0 Å². The molecule has 2 heterocycles. The van der Waals surface area contributed by atoms with Gasteiger partial charge in [-0.2, -0.15) is 0 Å². The topological polar surface area (TPSA) is 63.7 Å². The molecule has 1 saturated heterocycles. The lowest BCUT2D eigenvalue weighted by atomic mass is 9.85. The van der Waals surface area contributed by atoms with Gasteiger partial charge in [0.15, 0.2) is 11.2 Å². The number of likely N-dealkylation sites (tertiary alicyclic amines) is 1. The summed E-state index contributed by atoms with van der Waals surface area (Å²) < 4.78 is 6.50. The molecule has 2 aromatic rings. The number of carbonyl (C=O) groups is 3. The van der Waals surface area contributed by atoms with E-state index in [0.717, 1.165) is 29.3 Å². The number of carbonyl (C=O) groups excluding carboxylic acids is 3. The van der Waals surface area contributed by atoms with Gasteiger partial charge in [0, 0.05) is 34.6 Å². The quantitative estimate of drug-likeness (QED) is 0.291. The first kappa shape index (κ1) is 19.5. The molecule has 0 N–H and O–H groups in total. The van der Waals surface area contributed by atoms with Crippen molar-refractivity contribution in [3.8, 4) is 5.75 Å². The average molecular weight is 468 g/mol. The van der Waals surface area contributed by atoms with Crippen LogP contribution in [-0.2, 0) is 9.59 Å². The fraction of sp³-hybridized carbons (Fsp3) is 0.375. The second-order valence-corrected chi connectivity index (χ2v) is 9.48. The lowest BCUT2D eigenvalue weighted by Gasteiger charge is -2.32. The first-order valence-electron chi connectivity index (χ1n) is 10.3. The first-order valence-corrected chi connectivity index (χ1v) is 11.1. The van der Waals surface area contributed by atoms with Gasteiger partial charge in [-0.15, -0.1) is 0 Å². The summed E-state index contributed by atoms with van der Waals surface area (Å²) in [6.45, 7) is 2.98. The van der Waals surface area contributed by atoms with Crippen molar-refractivity contribution in [3.05, 3.63) is 64.1 Å². The van der Waals surface area contributed by atoms with Gasteiger partial charge in [-0.3, -0.25) is 14.4 Å². The van der Waals surface area contributed by atoms with Crippen molar-refractivity contribution in [2.24, 2.45) is 10.8 Å². The van der Waals surface area contributed by atoms with Crippen LogP contribution in [0.25, 0.3) is 0 Å². The molecule has 30 heavy (non-hydrogen) atoms. The third-order valence-electron chi connectivity index (χ3n) is 7.04. The van der Waals surface area contributed by atoms with E-state index in [4.69, 9.17) is 4.74 Å². The number of benzene rings is 2. The number of ketones is 1. The van der Waals surface area contributed by atoms with Crippen molar-refractivity contribution in [2.75, 3.05) is 13.1 Å². The molecule has 2 aromatic carbocycles. The van der Waals surface area contributed by atoms with Crippen LogP contribution in [0.5, 0.6) is 5.75 Å². The zero-order valence-electron chi connectivity index (χ0n) is 16.7. The van der Waals surface area contributed by atoms with Gasteiger partial charge < -0.3 is 9.64 Å². The summed E-state index contributed by atoms with van der Waals surface area (Å²) in [6.07, 6.45) is 2.89. The third-order valence-corrected chi connectivity index (χ3v) is 7.54. The number of nitrogens with zero attached hydrogens (tertiary/aromatic N) is 1. The Balaban J connectivity index is 1.68. The molecule has 5 nitrogen and oxygen atoms in total. The fourth-order valence-corrected chi connectivity index (χ4v) is 5.87. The summed E-state index contributed by atoms with van der Waals surface area (Å²) >= 11 is 3.48. The Morgan fingerprint density at radius 2 is 1.77 bits per heavy atom. The van der Waals surface area contributed by atoms with E-state index in [0.29, 0.717) is 24.4 Å². The van der Waals surface area contributed by atoms with Crippen LogP contribution in [0.1, 0.15) is 48.0 Å². The number of amides is 1. The van der Waals surface area contributed by atoms with E-state index in [1.165, 1.54) is 0 Å². The van der Waals surface area contributed by atoms with Gasteiger partial charge in [0.05, 0.1) is 5.41 Å². The van der Waals surface area contributed by atoms with E-state index in [-0.39, 0.29) is 11.7 Å². The minimum atomic E-state index is -1.51. The van der Waals surface area contributed by atoms with Crippen LogP contribution in [0, 0.1) is 10.8 Å². The van der Waals surface area contributed by atoms with Crippen LogP contribution in [0.2, 0.25) is 0 Å². The van der Waals surface area contributed by atoms with Crippen molar-refractivity contribution in [1.29, 1.82) is 0 Å². The molecular formula is C24H22BrNO4. The summed E-state index contributed by atoms with van der Waals surface area (Å²) in [7, 11) is 0. The Morgan fingerprint density at radius 3 is 2.47 bits per heavy atom. The molecule has 1 aliphatic carbocycles. The molecule has 6 heteroatoms. The predicted octanol–water partition coefficient (Wildman–Crippen LogP) is 4.35. The number of ether oxygens (including phenoxy) is 1. The Labute approximate surface area is 183 Å². The molecule has 1 saturated carbocycles. The van der Waals surface area contributed by atoms with Crippen LogP contribution in [0.3, 0.4) is 0 Å². The summed E-state index contributed by atoms with van der Waals surface area (Å²) in [5, 5.41) is 0. The largest absolute Gasteiger partial charge is 0.425 e. The maximum atomic E-state index is 13.8. The summed E-state index contributed by atoms with van der Waals surface area (Å²) in [4.78, 5) is 42.7. The Kier molecular flexibility index (Phi) is 4.40. The molecule has 0 radical (unpaired) electrons. The highest BCUT2D eigenvalue weighted by Crippen LogP contribution is 2.78. The van der Waals surface area contributed by atoms with Crippen LogP contribution in [-0.4, -0.2) is 35.6 Å². The van der Waals surface area contributed by atoms with Crippen molar-refractivity contribution >= 4 is 33.6 Å². The number of fused-ring (bicyclic) bond motifs is 3. The normalized spacial score (nSPS) is 29.5. The van der Waals surface area contributed by atoms with Crippen molar-refractivity contribution in [2.45, 2.75) is 32.1 Å². The molecule has 0 unspecified atom stereocenters. The zero-order chi connectivity index (χ0) is 21.1. The SMILES string of the molecule is C[C@@]1(C(=O)c2ccccc2)[C@@H]2c3cc(Br)ccc3OC(=O)[C@@]21C(=O)N1CCCCC1. The second kappa shape index (κ2) is 6.77. The predicted molar refractivity (Wildman–Crippen MR) is 114 cm³/mol. The van der Waals surface area contributed by atoms with E-state index in [9.17, 15) is 14.4 Å². The molecule has 3 atom stereocenters. The van der Waals surface area contributed by atoms with Gasteiger partial charge in [-0.25, -0.2) is 0 Å². The number of piperidine rings is 1. The molecule has 3 aliphatic rings.